The van der Waals surface area contributed by atoms with Gasteiger partial charge in [-0.05, 0) is 36.8 Å². The van der Waals surface area contributed by atoms with E-state index in [1.165, 1.54) is 12.1 Å². The van der Waals surface area contributed by atoms with Crippen LogP contribution in [0.5, 0.6) is 0 Å². The molecule has 0 saturated heterocycles. The molecule has 0 unspecified atom stereocenters. The molecular weight excluding hydrogens is 414 g/mol. The number of aliphatic carboxylic acids is 1. The van der Waals surface area contributed by atoms with Crippen molar-refractivity contribution in [3.05, 3.63) is 95.3 Å². The highest BCUT2D eigenvalue weighted by atomic mass is 32.2. The number of benzene rings is 2. The second-order valence-electron chi connectivity index (χ2n) is 7.18. The van der Waals surface area contributed by atoms with E-state index in [4.69, 9.17) is 5.11 Å². The number of hydrogen-bond donors (Lipinski definition) is 1. The van der Waals surface area contributed by atoms with Gasteiger partial charge >= 0.3 is 5.97 Å². The number of carboxylic acid groups (broad SMARTS) is 1. The molecule has 0 aliphatic carbocycles. The molecular formula is C24H23NO5S. The number of carbonyl (C=O) groups is 2. The number of aromatic nitrogens is 1. The lowest BCUT2D eigenvalue weighted by Crippen LogP contribution is -2.11. The number of carboxylic acids is 1. The van der Waals surface area contributed by atoms with Gasteiger partial charge in [-0.15, -0.1) is 0 Å². The highest BCUT2D eigenvalue weighted by Gasteiger charge is 2.16. The molecule has 0 amide bonds. The molecule has 3 rings (SSSR count). The van der Waals surface area contributed by atoms with Crippen LogP contribution in [0.25, 0.3) is 6.08 Å². The van der Waals surface area contributed by atoms with E-state index >= 15 is 0 Å². The van der Waals surface area contributed by atoms with Crippen LogP contribution in [0.1, 0.15) is 33.6 Å². The summed E-state index contributed by atoms with van der Waals surface area (Å²) < 4.78 is 26.4. The van der Waals surface area contributed by atoms with Crippen LogP contribution in [0.4, 0.5) is 0 Å². The zero-order chi connectivity index (χ0) is 22.4. The SMILES string of the molecule is Cc1ccc(C(=O)c2cccn2C/C=C/c2cccc(S(=O)(=O)CCC(=O)O)c2)cc1. The molecule has 6 nitrogen and oxygen atoms in total. The largest absolute Gasteiger partial charge is 0.481 e. The first-order valence-electron chi connectivity index (χ1n) is 9.74. The minimum Gasteiger partial charge on any atom is -0.481 e. The molecule has 7 heteroatoms. The Kier molecular flexibility index (Phi) is 6.87. The summed E-state index contributed by atoms with van der Waals surface area (Å²) >= 11 is 0. The maximum atomic E-state index is 12.8. The van der Waals surface area contributed by atoms with Gasteiger partial charge < -0.3 is 9.67 Å². The number of ketones is 1. The molecule has 31 heavy (non-hydrogen) atoms. The van der Waals surface area contributed by atoms with Crippen LogP contribution in [-0.2, 0) is 21.2 Å². The third-order valence-electron chi connectivity index (χ3n) is 4.79. The van der Waals surface area contributed by atoms with Crippen LogP contribution in [0, 0.1) is 6.92 Å². The zero-order valence-corrected chi connectivity index (χ0v) is 17.9. The Bertz CT molecular complexity index is 1220. The van der Waals surface area contributed by atoms with Crippen LogP contribution >= 0.6 is 0 Å². The van der Waals surface area contributed by atoms with Crippen molar-refractivity contribution >= 4 is 27.7 Å². The van der Waals surface area contributed by atoms with Gasteiger partial charge in [-0.1, -0.05) is 54.1 Å². The number of rotatable bonds is 9. The molecule has 0 spiro atoms. The summed E-state index contributed by atoms with van der Waals surface area (Å²) in [4.78, 5) is 23.6. The summed E-state index contributed by atoms with van der Waals surface area (Å²) in [7, 11) is -3.66. The van der Waals surface area contributed by atoms with Gasteiger partial charge in [0.1, 0.15) is 0 Å². The van der Waals surface area contributed by atoms with E-state index in [1.807, 2.05) is 42.0 Å². The topological polar surface area (TPSA) is 93.4 Å². The summed E-state index contributed by atoms with van der Waals surface area (Å²) in [6.45, 7) is 2.41. The monoisotopic (exact) mass is 437 g/mol. The first-order valence-corrected chi connectivity index (χ1v) is 11.4. The van der Waals surface area contributed by atoms with Crippen molar-refractivity contribution in [2.45, 2.75) is 24.8 Å². The minimum atomic E-state index is -3.66. The van der Waals surface area contributed by atoms with Crippen molar-refractivity contribution < 1.29 is 23.1 Å². The van der Waals surface area contributed by atoms with E-state index in [2.05, 4.69) is 0 Å². The molecule has 2 aromatic carbocycles. The third kappa shape index (κ3) is 5.79. The Labute approximate surface area is 181 Å². The van der Waals surface area contributed by atoms with Crippen LogP contribution < -0.4 is 0 Å². The fourth-order valence-electron chi connectivity index (χ4n) is 3.09. The molecule has 0 atom stereocenters. The van der Waals surface area contributed by atoms with E-state index in [-0.39, 0.29) is 10.7 Å². The van der Waals surface area contributed by atoms with E-state index in [0.717, 1.165) is 5.56 Å². The Morgan fingerprint density at radius 2 is 1.77 bits per heavy atom. The number of nitrogens with zero attached hydrogens (tertiary/aromatic N) is 1. The first kappa shape index (κ1) is 22.2. The lowest BCUT2D eigenvalue weighted by Gasteiger charge is -2.07. The summed E-state index contributed by atoms with van der Waals surface area (Å²) in [6.07, 6.45) is 5.00. The number of carbonyl (C=O) groups excluding carboxylic acids is 1. The van der Waals surface area contributed by atoms with Crippen molar-refractivity contribution in [2.75, 3.05) is 5.75 Å². The summed E-state index contributed by atoms with van der Waals surface area (Å²) in [5.74, 6) is -1.66. The zero-order valence-electron chi connectivity index (χ0n) is 17.1. The fourth-order valence-corrected chi connectivity index (χ4v) is 4.37. The maximum Gasteiger partial charge on any atom is 0.304 e. The van der Waals surface area contributed by atoms with Gasteiger partial charge in [0.05, 0.1) is 22.8 Å². The predicted octanol–water partition coefficient (Wildman–Crippen LogP) is 3.99. The normalized spacial score (nSPS) is 11.6. The van der Waals surface area contributed by atoms with Gasteiger partial charge in [0.2, 0.25) is 5.78 Å². The summed E-state index contributed by atoms with van der Waals surface area (Å²) in [5.41, 5.74) is 2.95. The molecule has 160 valence electrons. The smallest absolute Gasteiger partial charge is 0.304 e. The molecule has 0 bridgehead atoms. The first-order chi connectivity index (χ1) is 14.8. The van der Waals surface area contributed by atoms with Crippen molar-refractivity contribution in [3.63, 3.8) is 0 Å². The molecule has 0 radical (unpaired) electrons. The van der Waals surface area contributed by atoms with Gasteiger partial charge in [0.15, 0.2) is 9.84 Å². The highest BCUT2D eigenvalue weighted by molar-refractivity contribution is 7.91. The van der Waals surface area contributed by atoms with Crippen LogP contribution in [-0.4, -0.2) is 35.6 Å². The number of aryl methyl sites for hydroxylation is 1. The fraction of sp³-hybridized carbons (Fsp3) is 0.167. The minimum absolute atomic E-state index is 0.0649. The average molecular weight is 438 g/mol. The van der Waals surface area contributed by atoms with Gasteiger partial charge in [-0.2, -0.15) is 0 Å². The Morgan fingerprint density at radius 1 is 1.03 bits per heavy atom. The van der Waals surface area contributed by atoms with Gasteiger partial charge in [-0.25, -0.2) is 8.42 Å². The van der Waals surface area contributed by atoms with E-state index in [0.29, 0.717) is 23.4 Å². The van der Waals surface area contributed by atoms with Gasteiger partial charge in [0.25, 0.3) is 0 Å². The van der Waals surface area contributed by atoms with Crippen LogP contribution in [0.3, 0.4) is 0 Å². The molecule has 0 aliphatic heterocycles. The molecule has 0 aliphatic rings. The quantitative estimate of drug-likeness (QED) is 0.511. The molecule has 0 fully saturated rings. The Balaban J connectivity index is 1.72. The van der Waals surface area contributed by atoms with Crippen molar-refractivity contribution in [1.29, 1.82) is 0 Å². The van der Waals surface area contributed by atoms with E-state index in [9.17, 15) is 18.0 Å². The van der Waals surface area contributed by atoms with E-state index < -0.39 is 28.0 Å². The number of allylic oxidation sites excluding steroid dienone is 1. The predicted molar refractivity (Wildman–Crippen MR) is 119 cm³/mol. The van der Waals surface area contributed by atoms with Gasteiger partial charge in [0, 0.05) is 18.3 Å². The molecule has 1 N–H and O–H groups in total. The molecule has 3 aromatic rings. The highest BCUT2D eigenvalue weighted by Crippen LogP contribution is 2.16. The summed E-state index contributed by atoms with van der Waals surface area (Å²) in [5, 5.41) is 8.73. The molecule has 1 heterocycles. The Morgan fingerprint density at radius 3 is 2.48 bits per heavy atom. The lowest BCUT2D eigenvalue weighted by atomic mass is 10.1. The number of sulfone groups is 1. The van der Waals surface area contributed by atoms with Crippen molar-refractivity contribution in [2.24, 2.45) is 0 Å². The van der Waals surface area contributed by atoms with Crippen molar-refractivity contribution in [3.8, 4) is 0 Å². The van der Waals surface area contributed by atoms with Crippen LogP contribution in [0.15, 0.2) is 77.8 Å². The maximum absolute atomic E-state index is 12.8. The van der Waals surface area contributed by atoms with Crippen LogP contribution in [0.2, 0.25) is 0 Å². The second-order valence-corrected chi connectivity index (χ2v) is 9.29. The standard InChI is InChI=1S/C24H23NO5S/c1-18-9-11-20(12-10-18)24(28)22-8-4-15-25(22)14-3-6-19-5-2-7-21(17-19)31(29,30)16-13-23(26)27/h2-12,15,17H,13-14,16H2,1H3,(H,26,27)/b6-3+. The number of hydrogen-bond acceptors (Lipinski definition) is 4. The van der Waals surface area contributed by atoms with Gasteiger partial charge in [-0.3, -0.25) is 9.59 Å². The van der Waals surface area contributed by atoms with E-state index in [1.54, 1.807) is 36.4 Å². The average Bonchev–Trinajstić information content (AvgIpc) is 3.21. The summed E-state index contributed by atoms with van der Waals surface area (Å²) in [6, 6.07) is 17.4. The van der Waals surface area contributed by atoms with Crippen molar-refractivity contribution in [1.82, 2.24) is 4.57 Å². The lowest BCUT2D eigenvalue weighted by molar-refractivity contribution is -0.136. The second kappa shape index (κ2) is 9.57. The third-order valence-corrected chi connectivity index (χ3v) is 6.50. The molecule has 0 saturated carbocycles. The Hall–Kier alpha value is -3.45. The molecule has 1 aromatic heterocycles.